The zero-order chi connectivity index (χ0) is 14.7. The molecule has 2 aromatic carbocycles. The van der Waals surface area contributed by atoms with Crippen LogP contribution >= 0.6 is 0 Å². The Bertz CT molecular complexity index is 743. The van der Waals surface area contributed by atoms with Crippen LogP contribution in [0.2, 0.25) is 0 Å². The minimum atomic E-state index is -0.176. The van der Waals surface area contributed by atoms with Crippen molar-refractivity contribution in [1.82, 2.24) is 4.98 Å². The summed E-state index contributed by atoms with van der Waals surface area (Å²) >= 11 is 0. The molecule has 21 heavy (non-hydrogen) atoms. The highest BCUT2D eigenvalue weighted by atomic mass is 16.3. The highest BCUT2D eigenvalue weighted by Gasteiger charge is 2.10. The number of hydrogen-bond acceptors (Lipinski definition) is 4. The maximum absolute atomic E-state index is 9.58. The predicted octanol–water partition coefficient (Wildman–Crippen LogP) is 2.96. The Morgan fingerprint density at radius 1 is 1.05 bits per heavy atom. The van der Waals surface area contributed by atoms with Crippen LogP contribution in [0.15, 0.2) is 60.7 Å². The number of nitrogens with zero attached hydrogens (tertiary/aromatic N) is 1. The monoisotopic (exact) mass is 279 g/mol. The van der Waals surface area contributed by atoms with Gasteiger partial charge in [0.1, 0.15) is 5.82 Å². The molecule has 0 saturated heterocycles. The Morgan fingerprint density at radius 2 is 1.86 bits per heavy atom. The van der Waals surface area contributed by atoms with E-state index in [1.807, 2.05) is 60.7 Å². The van der Waals surface area contributed by atoms with E-state index in [1.165, 1.54) is 0 Å². The van der Waals surface area contributed by atoms with E-state index in [2.05, 4.69) is 10.3 Å². The average molecular weight is 279 g/mol. The van der Waals surface area contributed by atoms with Gasteiger partial charge in [0.05, 0.1) is 18.2 Å². The molecule has 106 valence electrons. The number of anilines is 2. The summed E-state index contributed by atoms with van der Waals surface area (Å²) in [7, 11) is 0. The van der Waals surface area contributed by atoms with Crippen LogP contribution in [0.25, 0.3) is 10.9 Å². The number of nitrogens with two attached hydrogens (primary N) is 1. The summed E-state index contributed by atoms with van der Waals surface area (Å²) in [5.74, 6) is 0.732. The van der Waals surface area contributed by atoms with Crippen LogP contribution in [0.3, 0.4) is 0 Å². The van der Waals surface area contributed by atoms with Crippen molar-refractivity contribution >= 4 is 22.4 Å². The van der Waals surface area contributed by atoms with E-state index in [-0.39, 0.29) is 12.6 Å². The number of aliphatic hydroxyl groups excluding tert-OH is 1. The van der Waals surface area contributed by atoms with Gasteiger partial charge < -0.3 is 16.2 Å². The number of nitrogen functional groups attached to an aromatic ring is 1. The lowest BCUT2D eigenvalue weighted by atomic mass is 10.1. The van der Waals surface area contributed by atoms with Crippen molar-refractivity contribution in [2.45, 2.75) is 6.04 Å². The van der Waals surface area contributed by atoms with Crippen LogP contribution in [0.1, 0.15) is 11.6 Å². The normalized spacial score (nSPS) is 12.2. The summed E-state index contributed by atoms with van der Waals surface area (Å²) in [5, 5.41) is 13.8. The number of pyridine rings is 1. The highest BCUT2D eigenvalue weighted by Crippen LogP contribution is 2.21. The first-order valence-corrected chi connectivity index (χ1v) is 6.85. The molecule has 1 unspecified atom stereocenters. The fourth-order valence-electron chi connectivity index (χ4n) is 2.32. The van der Waals surface area contributed by atoms with Gasteiger partial charge in [0.25, 0.3) is 0 Å². The molecule has 0 amide bonds. The maximum atomic E-state index is 9.58. The molecular weight excluding hydrogens is 262 g/mol. The lowest BCUT2D eigenvalue weighted by Crippen LogP contribution is -2.15. The molecule has 0 saturated carbocycles. The fraction of sp³-hybridized carbons (Fsp3) is 0.118. The number of hydrogen-bond donors (Lipinski definition) is 3. The van der Waals surface area contributed by atoms with Gasteiger partial charge in [-0.05, 0) is 35.9 Å². The van der Waals surface area contributed by atoms with Crippen LogP contribution in [0.4, 0.5) is 11.5 Å². The minimum Gasteiger partial charge on any atom is -0.399 e. The molecule has 0 aliphatic carbocycles. The number of fused-ring (bicyclic) bond motifs is 1. The molecule has 0 fully saturated rings. The molecule has 1 aromatic heterocycles. The van der Waals surface area contributed by atoms with Gasteiger partial charge >= 0.3 is 0 Å². The Hall–Kier alpha value is -2.59. The zero-order valence-corrected chi connectivity index (χ0v) is 11.5. The van der Waals surface area contributed by atoms with Crippen LogP contribution < -0.4 is 11.1 Å². The largest absolute Gasteiger partial charge is 0.399 e. The van der Waals surface area contributed by atoms with Crippen LogP contribution in [0.5, 0.6) is 0 Å². The first-order chi connectivity index (χ1) is 10.3. The second-order valence-electron chi connectivity index (χ2n) is 4.94. The summed E-state index contributed by atoms with van der Waals surface area (Å²) in [6, 6.07) is 19.1. The number of nitrogens with one attached hydrogen (secondary N) is 1. The standard InChI is InChI=1S/C17H17N3O/c18-14-7-8-15-13(10-14)6-9-17(19-15)20-16(11-21)12-4-2-1-3-5-12/h1-10,16,21H,11,18H2,(H,19,20). The fourth-order valence-corrected chi connectivity index (χ4v) is 2.32. The van der Waals surface area contributed by atoms with Crippen LogP contribution in [0, 0.1) is 0 Å². The summed E-state index contributed by atoms with van der Waals surface area (Å²) in [5.41, 5.74) is 8.39. The third-order valence-electron chi connectivity index (χ3n) is 3.42. The number of benzene rings is 2. The molecule has 3 aromatic rings. The first-order valence-electron chi connectivity index (χ1n) is 6.85. The zero-order valence-electron chi connectivity index (χ0n) is 11.5. The molecule has 3 rings (SSSR count). The van der Waals surface area contributed by atoms with Crippen LogP contribution in [-0.4, -0.2) is 16.7 Å². The summed E-state index contributed by atoms with van der Waals surface area (Å²) in [4.78, 5) is 4.55. The highest BCUT2D eigenvalue weighted by molar-refractivity contribution is 5.83. The molecule has 0 spiro atoms. The maximum Gasteiger partial charge on any atom is 0.127 e. The van der Waals surface area contributed by atoms with Gasteiger partial charge in [0, 0.05) is 11.1 Å². The van der Waals surface area contributed by atoms with Crippen molar-refractivity contribution in [3.63, 3.8) is 0 Å². The third-order valence-corrected chi connectivity index (χ3v) is 3.42. The molecule has 0 aliphatic heterocycles. The topological polar surface area (TPSA) is 71.2 Å². The van der Waals surface area contributed by atoms with Gasteiger partial charge in [-0.15, -0.1) is 0 Å². The summed E-state index contributed by atoms with van der Waals surface area (Å²) < 4.78 is 0. The van der Waals surface area contributed by atoms with E-state index in [4.69, 9.17) is 5.73 Å². The number of aliphatic hydroxyl groups is 1. The molecule has 4 heteroatoms. The Morgan fingerprint density at radius 3 is 2.62 bits per heavy atom. The Kier molecular flexibility index (Phi) is 3.71. The lowest BCUT2D eigenvalue weighted by molar-refractivity contribution is 0.276. The first kappa shape index (κ1) is 13.4. The van der Waals surface area contributed by atoms with Crippen molar-refractivity contribution in [3.8, 4) is 0 Å². The lowest BCUT2D eigenvalue weighted by Gasteiger charge is -2.17. The Balaban J connectivity index is 1.88. The van der Waals surface area contributed by atoms with Crippen molar-refractivity contribution in [1.29, 1.82) is 0 Å². The van der Waals surface area contributed by atoms with E-state index in [1.54, 1.807) is 0 Å². The van der Waals surface area contributed by atoms with Gasteiger partial charge in [-0.3, -0.25) is 0 Å². The molecule has 0 aliphatic rings. The van der Waals surface area contributed by atoms with Gasteiger partial charge in [-0.1, -0.05) is 30.3 Å². The SMILES string of the molecule is Nc1ccc2nc(NC(CO)c3ccccc3)ccc2c1. The Labute approximate surface area is 123 Å². The smallest absolute Gasteiger partial charge is 0.127 e. The van der Waals surface area contributed by atoms with E-state index < -0.39 is 0 Å². The van der Waals surface area contributed by atoms with Gasteiger partial charge in [-0.25, -0.2) is 4.98 Å². The van der Waals surface area contributed by atoms with E-state index in [0.717, 1.165) is 28.0 Å². The van der Waals surface area contributed by atoms with Crippen molar-refractivity contribution in [3.05, 3.63) is 66.2 Å². The molecule has 0 radical (unpaired) electrons. The molecule has 0 bridgehead atoms. The number of rotatable bonds is 4. The van der Waals surface area contributed by atoms with Gasteiger partial charge in [0.2, 0.25) is 0 Å². The minimum absolute atomic E-state index is 0.00542. The summed E-state index contributed by atoms with van der Waals surface area (Å²) in [6.07, 6.45) is 0. The molecule has 4 nitrogen and oxygen atoms in total. The summed E-state index contributed by atoms with van der Waals surface area (Å²) in [6.45, 7) is 0.00542. The van der Waals surface area contributed by atoms with E-state index in [9.17, 15) is 5.11 Å². The second-order valence-corrected chi connectivity index (χ2v) is 4.94. The molecule has 4 N–H and O–H groups in total. The van der Waals surface area contributed by atoms with E-state index >= 15 is 0 Å². The van der Waals surface area contributed by atoms with Gasteiger partial charge in [-0.2, -0.15) is 0 Å². The molecular formula is C17H17N3O. The van der Waals surface area contributed by atoms with Crippen molar-refractivity contribution in [2.24, 2.45) is 0 Å². The van der Waals surface area contributed by atoms with Crippen molar-refractivity contribution < 1.29 is 5.11 Å². The molecule has 1 heterocycles. The number of aromatic nitrogens is 1. The average Bonchev–Trinajstić information content (AvgIpc) is 2.53. The van der Waals surface area contributed by atoms with E-state index in [0.29, 0.717) is 0 Å². The predicted molar refractivity (Wildman–Crippen MR) is 86.0 cm³/mol. The third kappa shape index (κ3) is 2.95. The second kappa shape index (κ2) is 5.81. The van der Waals surface area contributed by atoms with Crippen molar-refractivity contribution in [2.75, 3.05) is 17.7 Å². The van der Waals surface area contributed by atoms with Gasteiger partial charge in [0.15, 0.2) is 0 Å². The van der Waals surface area contributed by atoms with Crippen LogP contribution in [-0.2, 0) is 0 Å². The molecule has 1 atom stereocenters. The quantitative estimate of drug-likeness (QED) is 0.642.